The Balaban J connectivity index is 1.45. The van der Waals surface area contributed by atoms with E-state index in [-0.39, 0.29) is 23.4 Å². The molecule has 0 saturated carbocycles. The first kappa shape index (κ1) is 21.1. The molecule has 0 unspecified atom stereocenters. The molecule has 7 heteroatoms. The fraction of sp³-hybridized carbons (Fsp3) is 0.652. The van der Waals surface area contributed by atoms with Gasteiger partial charge in [-0.1, -0.05) is 37.3 Å². The van der Waals surface area contributed by atoms with Gasteiger partial charge in [0.2, 0.25) is 5.91 Å². The molecule has 1 N–H and O–H groups in total. The summed E-state index contributed by atoms with van der Waals surface area (Å²) >= 11 is 0. The lowest BCUT2D eigenvalue weighted by Crippen LogP contribution is -2.53. The van der Waals surface area contributed by atoms with Crippen LogP contribution in [0.2, 0.25) is 0 Å². The van der Waals surface area contributed by atoms with E-state index >= 15 is 0 Å². The summed E-state index contributed by atoms with van der Waals surface area (Å²) in [6.45, 7) is 8.55. The number of amides is 3. The molecule has 30 heavy (non-hydrogen) atoms. The lowest BCUT2D eigenvalue weighted by Gasteiger charge is -2.40. The van der Waals surface area contributed by atoms with Gasteiger partial charge in [0.25, 0.3) is 0 Å². The van der Waals surface area contributed by atoms with Crippen LogP contribution in [0.15, 0.2) is 30.3 Å². The summed E-state index contributed by atoms with van der Waals surface area (Å²) < 4.78 is 5.46. The molecule has 1 aromatic carbocycles. The fourth-order valence-electron chi connectivity index (χ4n) is 5.39. The van der Waals surface area contributed by atoms with Crippen molar-refractivity contribution in [2.75, 3.05) is 52.5 Å². The molecule has 3 aliphatic rings. The highest BCUT2D eigenvalue weighted by Gasteiger charge is 2.54. The number of benzene rings is 1. The number of morpholine rings is 1. The Hall–Kier alpha value is -2.12. The van der Waals surface area contributed by atoms with Crippen LogP contribution in [0.3, 0.4) is 0 Å². The van der Waals surface area contributed by atoms with Crippen LogP contribution in [0.25, 0.3) is 0 Å². The van der Waals surface area contributed by atoms with Crippen molar-refractivity contribution in [1.82, 2.24) is 20.0 Å². The summed E-state index contributed by atoms with van der Waals surface area (Å²) in [5.74, 6) is 0.276. The Morgan fingerprint density at radius 3 is 2.50 bits per heavy atom. The molecule has 3 amide bonds. The molecule has 164 valence electrons. The molecule has 3 saturated heterocycles. The van der Waals surface area contributed by atoms with Gasteiger partial charge in [-0.3, -0.25) is 9.69 Å². The number of hydrogen-bond acceptors (Lipinski definition) is 4. The molecule has 0 aliphatic carbocycles. The second-order valence-electron chi connectivity index (χ2n) is 8.63. The number of urea groups is 1. The number of likely N-dealkylation sites (tertiary alicyclic amines) is 2. The quantitative estimate of drug-likeness (QED) is 0.818. The first-order valence-corrected chi connectivity index (χ1v) is 11.3. The third-order valence-corrected chi connectivity index (χ3v) is 7.13. The van der Waals surface area contributed by atoms with Crippen molar-refractivity contribution in [2.45, 2.75) is 38.8 Å². The van der Waals surface area contributed by atoms with Gasteiger partial charge in [-0.25, -0.2) is 4.79 Å². The van der Waals surface area contributed by atoms with E-state index < -0.39 is 0 Å². The highest BCUT2D eigenvalue weighted by molar-refractivity contribution is 5.84. The van der Waals surface area contributed by atoms with E-state index in [1.807, 2.05) is 40.1 Å². The Morgan fingerprint density at radius 2 is 1.77 bits per heavy atom. The number of hydrogen-bond donors (Lipinski definition) is 1. The van der Waals surface area contributed by atoms with Gasteiger partial charge >= 0.3 is 6.03 Å². The topological polar surface area (TPSA) is 65.1 Å². The molecule has 1 aromatic rings. The zero-order chi connectivity index (χ0) is 21.0. The predicted octanol–water partition coefficient (Wildman–Crippen LogP) is 1.93. The van der Waals surface area contributed by atoms with Crippen LogP contribution in [0.5, 0.6) is 0 Å². The molecule has 0 spiro atoms. The molecule has 3 heterocycles. The van der Waals surface area contributed by atoms with E-state index in [4.69, 9.17) is 4.74 Å². The van der Waals surface area contributed by atoms with Gasteiger partial charge in [0, 0.05) is 38.8 Å². The normalized spacial score (nSPS) is 27.4. The van der Waals surface area contributed by atoms with Crippen LogP contribution in [0, 0.1) is 5.41 Å². The SMILES string of the molecule is CCN1CC[C@]2(C(=O)N3CCOCC3)CCN(C(=O)NCc3ccccc3)CC[C@H]12. The van der Waals surface area contributed by atoms with E-state index in [2.05, 4.69) is 17.1 Å². The van der Waals surface area contributed by atoms with Crippen LogP contribution in [-0.2, 0) is 16.1 Å². The highest BCUT2D eigenvalue weighted by Crippen LogP contribution is 2.45. The zero-order valence-corrected chi connectivity index (χ0v) is 18.0. The molecular formula is C23H34N4O3. The van der Waals surface area contributed by atoms with E-state index in [1.54, 1.807) is 0 Å². The van der Waals surface area contributed by atoms with E-state index in [0.29, 0.717) is 45.9 Å². The van der Waals surface area contributed by atoms with Crippen molar-refractivity contribution in [2.24, 2.45) is 5.41 Å². The minimum Gasteiger partial charge on any atom is -0.378 e. The number of nitrogens with one attached hydrogen (secondary N) is 1. The van der Waals surface area contributed by atoms with E-state index in [9.17, 15) is 9.59 Å². The number of rotatable bonds is 4. The maximum Gasteiger partial charge on any atom is 0.317 e. The van der Waals surface area contributed by atoms with E-state index in [0.717, 1.165) is 37.9 Å². The second-order valence-corrected chi connectivity index (χ2v) is 8.63. The summed E-state index contributed by atoms with van der Waals surface area (Å²) in [7, 11) is 0. The van der Waals surface area contributed by atoms with Crippen molar-refractivity contribution in [1.29, 1.82) is 0 Å². The molecule has 0 radical (unpaired) electrons. The van der Waals surface area contributed by atoms with Crippen LogP contribution in [0.1, 0.15) is 31.7 Å². The van der Waals surface area contributed by atoms with Crippen LogP contribution < -0.4 is 5.32 Å². The average Bonchev–Trinajstić information content (AvgIpc) is 3.05. The summed E-state index contributed by atoms with van der Waals surface area (Å²) in [6.07, 6.45) is 2.48. The average molecular weight is 415 g/mol. The molecule has 4 rings (SSSR count). The Kier molecular flexibility index (Phi) is 6.58. The summed E-state index contributed by atoms with van der Waals surface area (Å²) in [5.41, 5.74) is 0.718. The Labute approximate surface area is 179 Å². The lowest BCUT2D eigenvalue weighted by molar-refractivity contribution is -0.148. The van der Waals surface area contributed by atoms with Crippen molar-refractivity contribution >= 4 is 11.9 Å². The number of ether oxygens (including phenoxy) is 1. The zero-order valence-electron chi connectivity index (χ0n) is 18.0. The Morgan fingerprint density at radius 1 is 1.03 bits per heavy atom. The third kappa shape index (κ3) is 4.18. The van der Waals surface area contributed by atoms with Gasteiger partial charge in [0.15, 0.2) is 0 Å². The number of fused-ring (bicyclic) bond motifs is 1. The lowest BCUT2D eigenvalue weighted by atomic mass is 9.75. The molecule has 2 atom stereocenters. The molecule has 7 nitrogen and oxygen atoms in total. The second kappa shape index (κ2) is 9.35. The minimum atomic E-state index is -0.373. The standard InChI is InChI=1S/C23H34N4O3/c1-2-25-12-9-23(21(28)26-14-16-30-17-15-26)10-13-27(11-8-20(23)25)22(29)24-18-19-6-4-3-5-7-19/h3-7,20H,2,8-18H2,1H3,(H,24,29)/t20-,23-/m0/s1. The van der Waals surface area contributed by atoms with Crippen molar-refractivity contribution in [3.8, 4) is 0 Å². The predicted molar refractivity (Wildman–Crippen MR) is 115 cm³/mol. The molecule has 3 aliphatic heterocycles. The first-order valence-electron chi connectivity index (χ1n) is 11.3. The van der Waals surface area contributed by atoms with Crippen LogP contribution in [0.4, 0.5) is 4.79 Å². The monoisotopic (exact) mass is 414 g/mol. The Bertz CT molecular complexity index is 737. The van der Waals surface area contributed by atoms with Crippen LogP contribution >= 0.6 is 0 Å². The molecular weight excluding hydrogens is 380 g/mol. The van der Waals surface area contributed by atoms with Crippen LogP contribution in [-0.4, -0.2) is 85.2 Å². The summed E-state index contributed by atoms with van der Waals surface area (Å²) in [6, 6.07) is 10.2. The van der Waals surface area contributed by atoms with Gasteiger partial charge in [0.1, 0.15) is 0 Å². The molecule has 0 aromatic heterocycles. The number of nitrogens with zero attached hydrogens (tertiary/aromatic N) is 3. The van der Waals surface area contributed by atoms with Crippen molar-refractivity contribution in [3.63, 3.8) is 0 Å². The number of carbonyl (C=O) groups is 2. The molecule has 0 bridgehead atoms. The number of carbonyl (C=O) groups excluding carboxylic acids is 2. The van der Waals surface area contributed by atoms with Crippen molar-refractivity contribution < 1.29 is 14.3 Å². The van der Waals surface area contributed by atoms with E-state index in [1.165, 1.54) is 0 Å². The van der Waals surface area contributed by atoms with Gasteiger partial charge in [-0.15, -0.1) is 0 Å². The van der Waals surface area contributed by atoms with Gasteiger partial charge < -0.3 is 19.9 Å². The third-order valence-electron chi connectivity index (χ3n) is 7.13. The van der Waals surface area contributed by atoms with Gasteiger partial charge in [-0.05, 0) is 37.9 Å². The largest absolute Gasteiger partial charge is 0.378 e. The molecule has 3 fully saturated rings. The minimum absolute atomic E-state index is 0.0316. The summed E-state index contributed by atoms with van der Waals surface area (Å²) in [4.78, 5) is 32.9. The summed E-state index contributed by atoms with van der Waals surface area (Å²) in [5, 5.41) is 3.05. The van der Waals surface area contributed by atoms with Crippen molar-refractivity contribution in [3.05, 3.63) is 35.9 Å². The maximum atomic E-state index is 13.7. The highest BCUT2D eigenvalue weighted by atomic mass is 16.5. The van der Waals surface area contributed by atoms with Gasteiger partial charge in [0.05, 0.1) is 18.6 Å². The maximum absolute atomic E-state index is 13.7. The first-order chi connectivity index (χ1) is 14.6. The smallest absolute Gasteiger partial charge is 0.317 e. The fourth-order valence-corrected chi connectivity index (χ4v) is 5.39. The van der Waals surface area contributed by atoms with Gasteiger partial charge in [-0.2, -0.15) is 0 Å².